The number of aromatic nitrogens is 1. The minimum atomic E-state index is -0.473. The Balaban J connectivity index is 1.67. The van der Waals surface area contributed by atoms with E-state index in [1.54, 1.807) is 19.3 Å². The Labute approximate surface area is 170 Å². The zero-order valence-electron chi connectivity index (χ0n) is 15.8. The molecule has 0 aliphatic carbocycles. The van der Waals surface area contributed by atoms with Gasteiger partial charge in [-0.15, -0.1) is 0 Å². The molecule has 1 aliphatic rings. The molecule has 4 rings (SSSR count). The molecule has 0 atom stereocenters. The van der Waals surface area contributed by atoms with Crippen LogP contribution >= 0.6 is 11.3 Å². The van der Waals surface area contributed by atoms with E-state index < -0.39 is 5.97 Å². The minimum absolute atomic E-state index is 0.112. The number of hydrazone groups is 1. The smallest absolute Gasteiger partial charge is 0.311 e. The van der Waals surface area contributed by atoms with Gasteiger partial charge in [-0.25, -0.2) is 4.98 Å². The maximum Gasteiger partial charge on any atom is 0.311 e. The number of ether oxygens (including phenoxy) is 1. The number of nitrogens with zero attached hydrogens (tertiary/aromatic N) is 3. The number of carbonyl (C=O) groups excluding carboxylic acids is 2. The van der Waals surface area contributed by atoms with Crippen LogP contribution in [0.4, 0.5) is 5.13 Å². The number of rotatable bonds is 6. The second kappa shape index (κ2) is 7.88. The van der Waals surface area contributed by atoms with Crippen molar-refractivity contribution >= 4 is 44.3 Å². The summed E-state index contributed by atoms with van der Waals surface area (Å²) in [5.74, 6) is -0.0867. The number of anilines is 1. The summed E-state index contributed by atoms with van der Waals surface area (Å²) in [6.45, 7) is 2.17. The highest BCUT2D eigenvalue weighted by molar-refractivity contribution is 7.22. The Morgan fingerprint density at radius 2 is 2.10 bits per heavy atom. The number of thiazole rings is 1. The third kappa shape index (κ3) is 3.77. The SMILES string of the molecule is COC(=O)CC1=NN(c2nc3ccccc3s2)C(=O)/C1=C(\C)NCc1ccco1. The van der Waals surface area contributed by atoms with Crippen molar-refractivity contribution in [3.05, 3.63) is 59.7 Å². The monoisotopic (exact) mass is 410 g/mol. The van der Waals surface area contributed by atoms with Crippen LogP contribution in [0.3, 0.4) is 0 Å². The zero-order chi connectivity index (χ0) is 20.4. The topological polar surface area (TPSA) is 97.0 Å². The van der Waals surface area contributed by atoms with Gasteiger partial charge in [-0.1, -0.05) is 23.5 Å². The molecule has 0 fully saturated rings. The average Bonchev–Trinajstić information content (AvgIpc) is 3.44. The lowest BCUT2D eigenvalue weighted by Crippen LogP contribution is -2.25. The molecule has 3 aromatic rings. The average molecular weight is 410 g/mol. The third-order valence-electron chi connectivity index (χ3n) is 4.40. The third-order valence-corrected chi connectivity index (χ3v) is 5.41. The molecule has 3 heterocycles. The molecular formula is C20H18N4O4S. The molecule has 0 saturated carbocycles. The highest BCUT2D eigenvalue weighted by atomic mass is 32.1. The second-order valence-corrected chi connectivity index (χ2v) is 7.32. The predicted molar refractivity (Wildman–Crippen MR) is 109 cm³/mol. The van der Waals surface area contributed by atoms with Crippen LogP contribution in [0.15, 0.2) is 63.5 Å². The Kier molecular flexibility index (Phi) is 5.13. The van der Waals surface area contributed by atoms with Crippen LogP contribution in [-0.4, -0.2) is 29.7 Å². The molecule has 29 heavy (non-hydrogen) atoms. The summed E-state index contributed by atoms with van der Waals surface area (Å²) < 4.78 is 11.0. The van der Waals surface area contributed by atoms with Gasteiger partial charge in [0.05, 0.1) is 47.8 Å². The number of para-hydroxylation sites is 1. The van der Waals surface area contributed by atoms with Crippen LogP contribution in [0.5, 0.6) is 0 Å². The number of carbonyl (C=O) groups is 2. The number of allylic oxidation sites excluding steroid dienone is 1. The summed E-state index contributed by atoms with van der Waals surface area (Å²) >= 11 is 1.36. The number of furan rings is 1. The molecule has 2 aromatic heterocycles. The first-order valence-corrected chi connectivity index (χ1v) is 9.70. The number of amides is 1. The molecule has 0 unspecified atom stereocenters. The van der Waals surface area contributed by atoms with Crippen LogP contribution in [0, 0.1) is 0 Å². The summed E-state index contributed by atoms with van der Waals surface area (Å²) in [4.78, 5) is 29.5. The largest absolute Gasteiger partial charge is 0.469 e. The van der Waals surface area contributed by atoms with Crippen molar-refractivity contribution in [2.24, 2.45) is 5.10 Å². The number of hydrogen-bond acceptors (Lipinski definition) is 8. The molecule has 1 amide bonds. The first kappa shape index (κ1) is 18.9. The molecular weight excluding hydrogens is 392 g/mol. The van der Waals surface area contributed by atoms with Gasteiger partial charge in [-0.2, -0.15) is 10.1 Å². The van der Waals surface area contributed by atoms with E-state index in [9.17, 15) is 9.59 Å². The van der Waals surface area contributed by atoms with Crippen LogP contribution in [0.25, 0.3) is 10.2 Å². The molecule has 0 spiro atoms. The fourth-order valence-corrected chi connectivity index (χ4v) is 3.87. The quantitative estimate of drug-likeness (QED) is 0.495. The second-order valence-electron chi connectivity index (χ2n) is 6.31. The van der Waals surface area contributed by atoms with E-state index in [4.69, 9.17) is 9.15 Å². The fraction of sp³-hybridized carbons (Fsp3) is 0.200. The first-order chi connectivity index (χ1) is 14.1. The number of esters is 1. The molecule has 8 nitrogen and oxygen atoms in total. The van der Waals surface area contributed by atoms with Gasteiger partial charge in [-0.3, -0.25) is 9.59 Å². The summed E-state index contributed by atoms with van der Waals surface area (Å²) in [6, 6.07) is 11.2. The summed E-state index contributed by atoms with van der Waals surface area (Å²) in [5, 5.41) is 9.26. The molecule has 1 N–H and O–H groups in total. The van der Waals surface area contributed by atoms with Gasteiger partial charge in [0.1, 0.15) is 5.76 Å². The number of benzene rings is 1. The van der Waals surface area contributed by atoms with Gasteiger partial charge in [0.15, 0.2) is 0 Å². The first-order valence-electron chi connectivity index (χ1n) is 8.88. The molecule has 1 aliphatic heterocycles. The summed E-state index contributed by atoms with van der Waals surface area (Å²) in [5.41, 5.74) is 2.06. The van der Waals surface area contributed by atoms with Gasteiger partial charge in [0.2, 0.25) is 5.13 Å². The lowest BCUT2D eigenvalue weighted by molar-refractivity contribution is -0.139. The van der Waals surface area contributed by atoms with Crippen molar-refractivity contribution in [1.29, 1.82) is 0 Å². The molecule has 148 valence electrons. The fourth-order valence-electron chi connectivity index (χ4n) is 2.96. The number of fused-ring (bicyclic) bond motifs is 1. The van der Waals surface area contributed by atoms with Gasteiger partial charge < -0.3 is 14.5 Å². The van der Waals surface area contributed by atoms with Crippen LogP contribution in [-0.2, 0) is 20.9 Å². The minimum Gasteiger partial charge on any atom is -0.469 e. The number of hydrogen-bond donors (Lipinski definition) is 1. The van der Waals surface area contributed by atoms with Crippen molar-refractivity contribution in [2.45, 2.75) is 19.9 Å². The van der Waals surface area contributed by atoms with E-state index in [0.29, 0.717) is 28.7 Å². The van der Waals surface area contributed by atoms with Gasteiger partial charge >= 0.3 is 5.97 Å². The molecule has 9 heteroatoms. The Hall–Kier alpha value is -3.46. The Morgan fingerprint density at radius 3 is 2.83 bits per heavy atom. The summed E-state index contributed by atoms with van der Waals surface area (Å²) in [7, 11) is 1.30. The van der Waals surface area contributed by atoms with Gasteiger partial charge in [0.25, 0.3) is 5.91 Å². The van der Waals surface area contributed by atoms with Crippen LogP contribution < -0.4 is 10.3 Å². The van der Waals surface area contributed by atoms with E-state index in [1.807, 2.05) is 30.3 Å². The standard InChI is InChI=1S/C20H18N4O4S/c1-12(21-11-13-6-5-9-28-13)18-15(10-17(25)27-2)23-24(19(18)26)20-22-14-7-3-4-8-16(14)29-20/h3-9,21H,10-11H2,1-2H3/b18-12+. The highest BCUT2D eigenvalue weighted by Gasteiger charge is 2.35. The maximum absolute atomic E-state index is 13.2. The summed E-state index contributed by atoms with van der Waals surface area (Å²) in [6.07, 6.45) is 1.47. The van der Waals surface area contributed by atoms with Crippen molar-refractivity contribution in [1.82, 2.24) is 10.3 Å². The van der Waals surface area contributed by atoms with Crippen LogP contribution in [0.2, 0.25) is 0 Å². The van der Waals surface area contributed by atoms with E-state index in [-0.39, 0.29) is 12.3 Å². The lowest BCUT2D eigenvalue weighted by Gasteiger charge is -2.10. The Bertz CT molecular complexity index is 1100. The van der Waals surface area contributed by atoms with E-state index >= 15 is 0 Å². The highest BCUT2D eigenvalue weighted by Crippen LogP contribution is 2.33. The lowest BCUT2D eigenvalue weighted by atomic mass is 10.1. The normalized spacial score (nSPS) is 15.6. The number of methoxy groups -OCH3 is 1. The van der Waals surface area contributed by atoms with Crippen molar-refractivity contribution in [3.8, 4) is 0 Å². The predicted octanol–water partition coefficient (Wildman–Crippen LogP) is 3.22. The van der Waals surface area contributed by atoms with Crippen molar-refractivity contribution in [2.75, 3.05) is 12.1 Å². The van der Waals surface area contributed by atoms with Crippen LogP contribution in [0.1, 0.15) is 19.1 Å². The van der Waals surface area contributed by atoms with Crippen molar-refractivity contribution < 1.29 is 18.7 Å². The van der Waals surface area contributed by atoms with E-state index in [0.717, 1.165) is 16.0 Å². The van der Waals surface area contributed by atoms with Gasteiger partial charge in [0, 0.05) is 5.70 Å². The Morgan fingerprint density at radius 1 is 1.28 bits per heavy atom. The van der Waals surface area contributed by atoms with Gasteiger partial charge in [-0.05, 0) is 31.2 Å². The number of nitrogens with one attached hydrogen (secondary N) is 1. The maximum atomic E-state index is 13.2. The zero-order valence-corrected chi connectivity index (χ0v) is 16.7. The van der Waals surface area contributed by atoms with Crippen molar-refractivity contribution in [3.63, 3.8) is 0 Å². The molecule has 0 bridgehead atoms. The van der Waals surface area contributed by atoms with E-state index in [1.165, 1.54) is 23.5 Å². The molecule has 0 radical (unpaired) electrons. The molecule has 1 aromatic carbocycles. The molecule has 0 saturated heterocycles. The van der Waals surface area contributed by atoms with E-state index in [2.05, 4.69) is 15.4 Å².